The quantitative estimate of drug-likeness (QED) is 0.604. The Kier molecular flexibility index (Phi) is 3.94. The third-order valence-electron chi connectivity index (χ3n) is 4.48. The summed E-state index contributed by atoms with van der Waals surface area (Å²) in [5.41, 5.74) is 3.84. The summed E-state index contributed by atoms with van der Waals surface area (Å²) < 4.78 is 2.06. The molecule has 2 aromatic carbocycles. The van der Waals surface area contributed by atoms with Gasteiger partial charge in [-0.3, -0.25) is 4.79 Å². The second kappa shape index (κ2) is 6.40. The van der Waals surface area contributed by atoms with Gasteiger partial charge in [0.05, 0.1) is 5.69 Å². The van der Waals surface area contributed by atoms with Crippen LogP contribution < -0.4 is 5.32 Å². The third-order valence-corrected chi connectivity index (χ3v) is 4.48. The zero-order valence-corrected chi connectivity index (χ0v) is 14.1. The molecule has 124 valence electrons. The molecule has 1 amide bonds. The minimum absolute atomic E-state index is 0.0154. The van der Waals surface area contributed by atoms with Crippen LogP contribution >= 0.6 is 0 Å². The van der Waals surface area contributed by atoms with Gasteiger partial charge in [-0.05, 0) is 36.9 Å². The number of carbonyl (C=O) groups excluding carboxylic acids is 1. The predicted molar refractivity (Wildman–Crippen MR) is 101 cm³/mol. The second-order valence-corrected chi connectivity index (χ2v) is 6.15. The van der Waals surface area contributed by atoms with Gasteiger partial charge in [-0.1, -0.05) is 42.5 Å². The molecular weight excluding hydrogens is 310 g/mol. The monoisotopic (exact) mass is 329 g/mol. The molecule has 2 aromatic heterocycles. The number of nitrogens with one attached hydrogen (secondary N) is 1. The summed E-state index contributed by atoms with van der Waals surface area (Å²) in [4.78, 5) is 17.0. The Morgan fingerprint density at radius 2 is 1.84 bits per heavy atom. The van der Waals surface area contributed by atoms with E-state index in [0.717, 1.165) is 33.5 Å². The highest BCUT2D eigenvalue weighted by Crippen LogP contribution is 2.23. The van der Waals surface area contributed by atoms with Crippen LogP contribution in [-0.4, -0.2) is 15.3 Å². The SMILES string of the molecule is Cc1nc2ccccn2c1CCC(=O)Nc1cccc2ccccc12. The highest BCUT2D eigenvalue weighted by molar-refractivity contribution is 6.02. The maximum Gasteiger partial charge on any atom is 0.224 e. The molecule has 4 nitrogen and oxygen atoms in total. The standard InChI is InChI=1S/C21H19N3O/c1-15-19(24-14-5-4-11-20(24)22-15)12-13-21(25)23-18-10-6-8-16-7-2-3-9-17(16)18/h2-11,14H,12-13H2,1H3,(H,23,25). The van der Waals surface area contributed by atoms with E-state index < -0.39 is 0 Å². The highest BCUT2D eigenvalue weighted by atomic mass is 16.1. The lowest BCUT2D eigenvalue weighted by Crippen LogP contribution is -2.13. The zero-order chi connectivity index (χ0) is 17.2. The van der Waals surface area contributed by atoms with E-state index in [1.54, 1.807) is 0 Å². The summed E-state index contributed by atoms with van der Waals surface area (Å²) in [7, 11) is 0. The molecule has 0 saturated heterocycles. The largest absolute Gasteiger partial charge is 0.326 e. The molecule has 4 heteroatoms. The van der Waals surface area contributed by atoms with Gasteiger partial charge < -0.3 is 9.72 Å². The summed E-state index contributed by atoms with van der Waals surface area (Å²) in [5, 5.41) is 5.23. The molecule has 1 N–H and O–H groups in total. The van der Waals surface area contributed by atoms with Gasteiger partial charge in [-0.2, -0.15) is 0 Å². The minimum Gasteiger partial charge on any atom is -0.326 e. The number of fused-ring (bicyclic) bond motifs is 2. The minimum atomic E-state index is 0.0154. The van der Waals surface area contributed by atoms with Crippen molar-refractivity contribution in [2.75, 3.05) is 5.32 Å². The number of carbonyl (C=O) groups is 1. The van der Waals surface area contributed by atoms with Gasteiger partial charge in [-0.25, -0.2) is 4.98 Å². The van der Waals surface area contributed by atoms with E-state index >= 15 is 0 Å². The first kappa shape index (κ1) is 15.4. The van der Waals surface area contributed by atoms with Crippen LogP contribution in [0.15, 0.2) is 66.9 Å². The van der Waals surface area contributed by atoms with Crippen LogP contribution in [0.3, 0.4) is 0 Å². The smallest absolute Gasteiger partial charge is 0.224 e. The van der Waals surface area contributed by atoms with Crippen molar-refractivity contribution in [3.8, 4) is 0 Å². The number of pyridine rings is 1. The predicted octanol–water partition coefficient (Wildman–Crippen LogP) is 4.37. The van der Waals surface area contributed by atoms with Crippen LogP contribution in [0, 0.1) is 6.92 Å². The molecule has 0 aliphatic rings. The molecule has 0 atom stereocenters. The Morgan fingerprint density at radius 3 is 2.76 bits per heavy atom. The molecule has 25 heavy (non-hydrogen) atoms. The van der Waals surface area contributed by atoms with Gasteiger partial charge in [0.1, 0.15) is 5.65 Å². The number of hydrogen-bond acceptors (Lipinski definition) is 2. The lowest BCUT2D eigenvalue weighted by atomic mass is 10.1. The number of nitrogens with zero attached hydrogens (tertiary/aromatic N) is 2. The van der Waals surface area contributed by atoms with Crippen LogP contribution in [0.4, 0.5) is 5.69 Å². The number of hydrogen-bond donors (Lipinski definition) is 1. The van der Waals surface area contributed by atoms with Gasteiger partial charge in [0.2, 0.25) is 5.91 Å². The first-order valence-electron chi connectivity index (χ1n) is 8.42. The van der Waals surface area contributed by atoms with Crippen molar-refractivity contribution >= 4 is 28.0 Å². The van der Waals surface area contributed by atoms with Crippen molar-refractivity contribution in [3.63, 3.8) is 0 Å². The first-order chi connectivity index (χ1) is 12.2. The summed E-state index contributed by atoms with van der Waals surface area (Å²) in [6, 6.07) is 20.0. The Balaban J connectivity index is 1.51. The molecule has 0 radical (unpaired) electrons. The van der Waals surface area contributed by atoms with E-state index in [2.05, 4.69) is 14.7 Å². The number of aromatic nitrogens is 2. The second-order valence-electron chi connectivity index (χ2n) is 6.15. The fourth-order valence-electron chi connectivity index (χ4n) is 3.24. The molecule has 4 rings (SSSR count). The van der Waals surface area contributed by atoms with Crippen LogP contribution in [-0.2, 0) is 11.2 Å². The Bertz CT molecular complexity index is 1060. The van der Waals surface area contributed by atoms with Crippen LogP contribution in [0.2, 0.25) is 0 Å². The average molecular weight is 329 g/mol. The molecular formula is C21H19N3O. The fourth-order valence-corrected chi connectivity index (χ4v) is 3.24. The molecule has 0 aliphatic heterocycles. The van der Waals surface area contributed by atoms with E-state index in [0.29, 0.717) is 12.8 Å². The van der Waals surface area contributed by atoms with Crippen molar-refractivity contribution in [1.29, 1.82) is 0 Å². The average Bonchev–Trinajstić information content (AvgIpc) is 2.95. The lowest BCUT2D eigenvalue weighted by Gasteiger charge is -2.09. The van der Waals surface area contributed by atoms with Crippen molar-refractivity contribution in [3.05, 3.63) is 78.2 Å². The van der Waals surface area contributed by atoms with E-state index in [1.165, 1.54) is 0 Å². The van der Waals surface area contributed by atoms with Crippen LogP contribution in [0.1, 0.15) is 17.8 Å². The molecule has 0 saturated carbocycles. The number of aryl methyl sites for hydroxylation is 2. The molecule has 2 heterocycles. The van der Waals surface area contributed by atoms with Gasteiger partial charge in [-0.15, -0.1) is 0 Å². The summed E-state index contributed by atoms with van der Waals surface area (Å²) in [6.07, 6.45) is 3.08. The van der Waals surface area contributed by atoms with Gasteiger partial charge in [0, 0.05) is 29.4 Å². The van der Waals surface area contributed by atoms with E-state index in [-0.39, 0.29) is 5.91 Å². The number of imidazole rings is 1. The van der Waals surface area contributed by atoms with E-state index in [1.807, 2.05) is 73.8 Å². The van der Waals surface area contributed by atoms with Gasteiger partial charge >= 0.3 is 0 Å². The fraction of sp³-hybridized carbons (Fsp3) is 0.143. The third kappa shape index (κ3) is 2.98. The summed E-state index contributed by atoms with van der Waals surface area (Å²) in [6.45, 7) is 1.99. The van der Waals surface area contributed by atoms with Crippen LogP contribution in [0.25, 0.3) is 16.4 Å². The normalized spacial score (nSPS) is 11.1. The van der Waals surface area contributed by atoms with Crippen LogP contribution in [0.5, 0.6) is 0 Å². The topological polar surface area (TPSA) is 46.4 Å². The number of anilines is 1. The molecule has 0 fully saturated rings. The van der Waals surface area contributed by atoms with Gasteiger partial charge in [0.15, 0.2) is 0 Å². The zero-order valence-electron chi connectivity index (χ0n) is 14.1. The Labute approximate surface area is 146 Å². The molecule has 0 bridgehead atoms. The van der Waals surface area contributed by atoms with Crippen molar-refractivity contribution in [1.82, 2.24) is 9.38 Å². The van der Waals surface area contributed by atoms with Crippen molar-refractivity contribution in [2.45, 2.75) is 19.8 Å². The summed E-state index contributed by atoms with van der Waals surface area (Å²) in [5.74, 6) is 0.0154. The van der Waals surface area contributed by atoms with Crippen molar-refractivity contribution in [2.24, 2.45) is 0 Å². The summed E-state index contributed by atoms with van der Waals surface area (Å²) >= 11 is 0. The maximum absolute atomic E-state index is 12.5. The molecule has 0 unspecified atom stereocenters. The van der Waals surface area contributed by atoms with E-state index in [9.17, 15) is 4.79 Å². The molecule has 4 aromatic rings. The number of amides is 1. The highest BCUT2D eigenvalue weighted by Gasteiger charge is 2.11. The Hall–Kier alpha value is -3.14. The van der Waals surface area contributed by atoms with Gasteiger partial charge in [0.25, 0.3) is 0 Å². The van der Waals surface area contributed by atoms with Crippen molar-refractivity contribution < 1.29 is 4.79 Å². The first-order valence-corrected chi connectivity index (χ1v) is 8.42. The number of benzene rings is 2. The maximum atomic E-state index is 12.5. The number of rotatable bonds is 4. The van der Waals surface area contributed by atoms with E-state index in [4.69, 9.17) is 0 Å². The Morgan fingerprint density at radius 1 is 1.04 bits per heavy atom. The molecule has 0 aliphatic carbocycles. The lowest BCUT2D eigenvalue weighted by molar-refractivity contribution is -0.116. The molecule has 0 spiro atoms.